The number of nitrogens with two attached hydrogens (primary N) is 2. The van der Waals surface area contributed by atoms with Crippen LogP contribution in [0.3, 0.4) is 0 Å². The van der Waals surface area contributed by atoms with Gasteiger partial charge in [-0.3, -0.25) is 0 Å². The molecule has 2 aromatic carbocycles. The van der Waals surface area contributed by atoms with Crippen molar-refractivity contribution in [2.45, 2.75) is 0 Å². The quantitative estimate of drug-likeness (QED) is 0.148. The Hall–Kier alpha value is -3.09. The Kier molecular flexibility index (Phi) is 10.8. The van der Waals surface area contributed by atoms with E-state index in [2.05, 4.69) is 20.4 Å². The Morgan fingerprint density at radius 3 is 1.68 bits per heavy atom. The number of hydrogen-bond donors (Lipinski definition) is 4. The Labute approximate surface area is 235 Å². The zero-order valence-corrected chi connectivity index (χ0v) is 25.2. The molecule has 0 aliphatic rings. The molecule has 0 radical (unpaired) electrons. The van der Waals surface area contributed by atoms with Gasteiger partial charge in [0.25, 0.3) is 0 Å². The molecular formula is C22H30BClF2N8O4P2. The zero-order chi connectivity index (χ0) is 30.6. The van der Waals surface area contributed by atoms with E-state index < -0.39 is 33.0 Å². The molecule has 2 aromatic heterocycles. The fourth-order valence-electron chi connectivity index (χ4n) is 3.38. The third-order valence-corrected chi connectivity index (χ3v) is 8.44. The first-order chi connectivity index (χ1) is 18.3. The van der Waals surface area contributed by atoms with Crippen LogP contribution in [0.1, 0.15) is 0 Å². The minimum atomic E-state index is -2.79. The van der Waals surface area contributed by atoms with Gasteiger partial charge in [-0.2, -0.15) is 30.0 Å². The maximum absolute atomic E-state index is 14.4. The summed E-state index contributed by atoms with van der Waals surface area (Å²) in [6.07, 6.45) is 2.75. The number of aromatic nitrogens is 6. The number of nitrogens with zero attached hydrogens (tertiary/aromatic N) is 6. The lowest BCUT2D eigenvalue weighted by molar-refractivity contribution is 0.423. The molecule has 0 spiro atoms. The molecule has 4 rings (SSSR count). The molecule has 40 heavy (non-hydrogen) atoms. The van der Waals surface area contributed by atoms with E-state index in [1.165, 1.54) is 66.8 Å². The second-order valence-electron chi connectivity index (χ2n) is 9.22. The largest absolute Gasteiger partial charge is 0.511 e. The Morgan fingerprint density at radius 2 is 1.30 bits per heavy atom. The van der Waals surface area contributed by atoms with Gasteiger partial charge in [0.2, 0.25) is 0 Å². The third-order valence-electron chi connectivity index (χ3n) is 5.08. The van der Waals surface area contributed by atoms with Crippen molar-refractivity contribution in [2.24, 2.45) is 14.1 Å². The van der Waals surface area contributed by atoms with Crippen LogP contribution in [0.5, 0.6) is 0 Å². The highest BCUT2D eigenvalue weighted by Gasteiger charge is 2.24. The first kappa shape index (κ1) is 33.1. The van der Waals surface area contributed by atoms with Crippen LogP contribution in [0.2, 0.25) is 5.02 Å². The van der Waals surface area contributed by atoms with Crippen LogP contribution in [-0.2, 0) is 23.2 Å². The van der Waals surface area contributed by atoms with E-state index in [1.807, 2.05) is 0 Å². The molecule has 18 heteroatoms. The van der Waals surface area contributed by atoms with Crippen molar-refractivity contribution in [1.82, 2.24) is 30.0 Å². The lowest BCUT2D eigenvalue weighted by atomic mass is 9.87. The lowest BCUT2D eigenvalue weighted by Gasteiger charge is -2.13. The molecule has 0 atom stereocenters. The first-order valence-corrected chi connectivity index (χ1v) is 16.9. The van der Waals surface area contributed by atoms with Gasteiger partial charge in [-0.05, 0) is 50.9 Å². The van der Waals surface area contributed by atoms with Gasteiger partial charge in [0.15, 0.2) is 5.82 Å². The summed E-state index contributed by atoms with van der Waals surface area (Å²) in [6, 6.07) is 5.88. The molecule has 0 unspecified atom stereocenters. The normalized spacial score (nSPS) is 11.3. The Bertz CT molecular complexity index is 1590. The van der Waals surface area contributed by atoms with Gasteiger partial charge in [-0.15, -0.1) is 0 Å². The fraction of sp³-hybridized carbons (Fsp3) is 0.273. The molecule has 0 amide bonds. The number of rotatable bonds is 4. The summed E-state index contributed by atoms with van der Waals surface area (Å²) in [6.45, 7) is 5.89. The van der Waals surface area contributed by atoms with Crippen molar-refractivity contribution in [2.75, 3.05) is 38.1 Å². The van der Waals surface area contributed by atoms with Crippen molar-refractivity contribution in [3.05, 3.63) is 53.3 Å². The topological polar surface area (TPSA) is 188 Å². The van der Waals surface area contributed by atoms with Crippen molar-refractivity contribution in [1.29, 1.82) is 0 Å². The number of halogens is 3. The average molecular weight is 617 g/mol. The molecule has 6 N–H and O–H groups in total. The second-order valence-corrected chi connectivity index (χ2v) is 15.9. The van der Waals surface area contributed by atoms with E-state index in [9.17, 15) is 17.9 Å². The number of aryl methyl sites for hydroxylation is 2. The van der Waals surface area contributed by atoms with Crippen molar-refractivity contribution >= 4 is 60.6 Å². The molecule has 2 heterocycles. The van der Waals surface area contributed by atoms with Gasteiger partial charge in [0.1, 0.15) is 31.4 Å². The highest BCUT2D eigenvalue weighted by atomic mass is 35.5. The van der Waals surface area contributed by atoms with Crippen LogP contribution >= 0.6 is 25.9 Å². The van der Waals surface area contributed by atoms with E-state index in [4.69, 9.17) is 33.1 Å². The molecule has 0 aliphatic carbocycles. The zero-order valence-electron chi connectivity index (χ0n) is 22.6. The summed E-state index contributed by atoms with van der Waals surface area (Å²) in [5.74, 6) is -1.25. The predicted octanol–water partition coefficient (Wildman–Crippen LogP) is 1.26. The minimum Gasteiger partial charge on any atom is -0.422 e. The summed E-state index contributed by atoms with van der Waals surface area (Å²) in [5.41, 5.74) is 12.4. The van der Waals surface area contributed by atoms with Gasteiger partial charge in [0, 0.05) is 31.0 Å². The smallest absolute Gasteiger partial charge is 0.422 e. The standard InChI is InChI=1S/C11H14FN4OP.C8H10ClFNOP.C3H6BN3O2/c1-16-14-6-9(15-16)7-4-5-8(13)11(10(7)12)18(2,3)17;1-13(2,12)8-6(11)4-3-5(9)7(8)10;1-7-5-2-3(6-7)4(8)9/h4-6H,13H2,1-3H3;3-4H,11H2,1-2H3;2,8-9H,1H3. The van der Waals surface area contributed by atoms with E-state index in [-0.39, 0.29) is 38.2 Å². The number of nitrogen functional groups attached to an aromatic ring is 2. The molecule has 4 aromatic rings. The average Bonchev–Trinajstić information content (AvgIpc) is 3.44. The number of benzene rings is 2. The molecule has 0 aliphatic heterocycles. The monoisotopic (exact) mass is 616 g/mol. The van der Waals surface area contributed by atoms with E-state index in [0.717, 1.165) is 0 Å². The molecule has 0 bridgehead atoms. The molecular weight excluding hydrogens is 587 g/mol. The van der Waals surface area contributed by atoms with Crippen LogP contribution in [0.4, 0.5) is 20.2 Å². The van der Waals surface area contributed by atoms with Crippen LogP contribution in [0.15, 0.2) is 36.7 Å². The molecule has 216 valence electrons. The van der Waals surface area contributed by atoms with Gasteiger partial charge >= 0.3 is 7.12 Å². The minimum absolute atomic E-state index is 0.0417. The summed E-state index contributed by atoms with van der Waals surface area (Å²) in [4.78, 5) is 2.59. The van der Waals surface area contributed by atoms with E-state index in [1.54, 1.807) is 20.2 Å². The van der Waals surface area contributed by atoms with Crippen molar-refractivity contribution in [3.8, 4) is 11.3 Å². The van der Waals surface area contributed by atoms with Crippen molar-refractivity contribution < 1.29 is 28.0 Å². The van der Waals surface area contributed by atoms with Crippen LogP contribution in [-0.4, -0.2) is 73.8 Å². The van der Waals surface area contributed by atoms with Crippen LogP contribution in [0, 0.1) is 11.6 Å². The maximum atomic E-state index is 14.4. The number of anilines is 2. The highest BCUT2D eigenvalue weighted by molar-refractivity contribution is 7.70. The highest BCUT2D eigenvalue weighted by Crippen LogP contribution is 2.40. The molecule has 0 saturated carbocycles. The van der Waals surface area contributed by atoms with E-state index >= 15 is 0 Å². The SMILES string of the molecule is CP(C)(=O)c1c(N)ccc(Cl)c1F.Cn1ncc(-c2ccc(N)c(P(C)(C)=O)c2F)n1.Cn1ncc(B(O)O)n1. The first-order valence-electron chi connectivity index (χ1n) is 11.4. The van der Waals surface area contributed by atoms with Crippen molar-refractivity contribution in [3.63, 3.8) is 0 Å². The summed E-state index contributed by atoms with van der Waals surface area (Å²) < 4.78 is 51.5. The van der Waals surface area contributed by atoms with Gasteiger partial charge in [-0.25, -0.2) is 8.78 Å². The lowest BCUT2D eigenvalue weighted by Crippen LogP contribution is -2.31. The summed E-state index contributed by atoms with van der Waals surface area (Å²) in [5, 5.41) is 32.2. The Balaban J connectivity index is 0.000000224. The predicted molar refractivity (Wildman–Crippen MR) is 156 cm³/mol. The molecule has 12 nitrogen and oxygen atoms in total. The van der Waals surface area contributed by atoms with Gasteiger partial charge in [0.05, 0.1) is 28.0 Å². The summed E-state index contributed by atoms with van der Waals surface area (Å²) in [7, 11) is -3.76. The Morgan fingerprint density at radius 1 is 0.825 bits per heavy atom. The van der Waals surface area contributed by atoms with E-state index in [0.29, 0.717) is 5.69 Å². The van der Waals surface area contributed by atoms with Crippen LogP contribution in [0.25, 0.3) is 11.3 Å². The maximum Gasteiger partial charge on any atom is 0.511 e. The van der Waals surface area contributed by atoms with Gasteiger partial charge in [-0.1, -0.05) is 11.6 Å². The second kappa shape index (κ2) is 13.1. The third kappa shape index (κ3) is 8.46. The van der Waals surface area contributed by atoms with Crippen LogP contribution < -0.4 is 27.7 Å². The van der Waals surface area contributed by atoms with Gasteiger partial charge < -0.3 is 30.6 Å². The molecule has 0 fully saturated rings. The summed E-state index contributed by atoms with van der Waals surface area (Å²) >= 11 is 5.54. The molecule has 0 saturated heterocycles. The number of hydrogen-bond acceptors (Lipinski definition) is 10. The fourth-order valence-corrected chi connectivity index (χ4v) is 6.18.